The number of pyridine rings is 1. The van der Waals surface area contributed by atoms with Gasteiger partial charge < -0.3 is 5.32 Å². The lowest BCUT2D eigenvalue weighted by molar-refractivity contribution is -0.173. The molecule has 6 rings (SSSR count). The van der Waals surface area contributed by atoms with Crippen LogP contribution in [0.3, 0.4) is 0 Å². The predicted octanol–water partition coefficient (Wildman–Crippen LogP) is 4.68. The van der Waals surface area contributed by atoms with Gasteiger partial charge in [-0.05, 0) is 38.8 Å². The van der Waals surface area contributed by atoms with Gasteiger partial charge in [0.05, 0.1) is 5.52 Å². The lowest BCUT2D eigenvalue weighted by Gasteiger charge is -2.31. The normalized spacial score (nSPS) is 19.1. The van der Waals surface area contributed by atoms with E-state index in [0.29, 0.717) is 11.5 Å². The number of alkyl halides is 3. The second kappa shape index (κ2) is 6.37. The molecule has 0 aromatic carbocycles. The summed E-state index contributed by atoms with van der Waals surface area (Å²) in [7, 11) is 0. The Bertz CT molecular complexity index is 1530. The molecule has 5 aromatic heterocycles. The molecule has 0 saturated carbocycles. The van der Waals surface area contributed by atoms with Crippen molar-refractivity contribution in [3.8, 4) is 11.5 Å². The van der Waals surface area contributed by atoms with Crippen molar-refractivity contribution in [1.82, 2.24) is 34.3 Å². The summed E-state index contributed by atoms with van der Waals surface area (Å²) < 4.78 is 44.1. The van der Waals surface area contributed by atoms with Crippen LogP contribution in [0.5, 0.6) is 0 Å². The van der Waals surface area contributed by atoms with E-state index in [4.69, 9.17) is 0 Å². The van der Waals surface area contributed by atoms with Crippen LogP contribution in [-0.2, 0) is 0 Å². The van der Waals surface area contributed by atoms with Crippen LogP contribution in [0.15, 0.2) is 18.5 Å². The number of aromatic nitrogens is 7. The highest BCUT2D eigenvalue weighted by Crippen LogP contribution is 2.40. The quantitative estimate of drug-likeness (QED) is 0.393. The van der Waals surface area contributed by atoms with Crippen molar-refractivity contribution < 1.29 is 13.2 Å². The number of fused-ring (bicyclic) bond motifs is 6. The van der Waals surface area contributed by atoms with Crippen LogP contribution in [0.4, 0.5) is 19.0 Å². The smallest absolute Gasteiger partial charge is 0.368 e. The highest BCUT2D eigenvalue weighted by molar-refractivity contribution is 7.26. The standard InChI is InChI=1S/C20H17F3N8S/c1-8-4-9(2)26-19-14(8)15-16(32-19)18-27-17(29-30(18)7-24-15)11-6-13-25-10(3)5-12(20(21,22)23)31(13)28-11/h4,6-7,10,12,25H,5H2,1-3H3. The average molecular weight is 458 g/mol. The van der Waals surface area contributed by atoms with E-state index >= 15 is 0 Å². The van der Waals surface area contributed by atoms with Crippen molar-refractivity contribution in [1.29, 1.82) is 0 Å². The highest BCUT2D eigenvalue weighted by atomic mass is 32.1. The summed E-state index contributed by atoms with van der Waals surface area (Å²) in [5, 5.41) is 12.7. The maximum absolute atomic E-state index is 13.6. The SMILES string of the molecule is Cc1cc(C)c2c(n1)sc1c2ncn2nc(-c3cc4n(n3)C(C(F)(F)F)CC(C)N4)nc12. The van der Waals surface area contributed by atoms with Crippen LogP contribution in [0, 0.1) is 13.8 Å². The first-order chi connectivity index (χ1) is 15.2. The van der Waals surface area contributed by atoms with Gasteiger partial charge in [0.2, 0.25) is 5.82 Å². The summed E-state index contributed by atoms with van der Waals surface area (Å²) in [6, 6.07) is 1.56. The van der Waals surface area contributed by atoms with Gasteiger partial charge >= 0.3 is 6.18 Å². The largest absolute Gasteiger partial charge is 0.410 e. The maximum Gasteiger partial charge on any atom is 0.410 e. The molecule has 2 atom stereocenters. The van der Waals surface area contributed by atoms with Crippen LogP contribution in [-0.4, -0.2) is 46.6 Å². The number of hydrogen-bond acceptors (Lipinski definition) is 7. The topological polar surface area (TPSA) is 85.8 Å². The summed E-state index contributed by atoms with van der Waals surface area (Å²) in [5.41, 5.74) is 3.64. The first kappa shape index (κ1) is 19.4. The van der Waals surface area contributed by atoms with Gasteiger partial charge in [0.15, 0.2) is 11.7 Å². The highest BCUT2D eigenvalue weighted by Gasteiger charge is 2.45. The van der Waals surface area contributed by atoms with Crippen molar-refractivity contribution in [2.45, 2.75) is 45.5 Å². The van der Waals surface area contributed by atoms with Crippen LogP contribution < -0.4 is 5.32 Å². The van der Waals surface area contributed by atoms with Gasteiger partial charge in [-0.2, -0.15) is 18.3 Å². The number of aryl methyl sites for hydroxylation is 2. The molecule has 0 aliphatic carbocycles. The number of nitrogens with one attached hydrogen (secondary N) is 1. The molecule has 1 aliphatic heterocycles. The number of thiophene rings is 1. The van der Waals surface area contributed by atoms with E-state index in [1.54, 1.807) is 19.3 Å². The number of nitrogens with zero attached hydrogens (tertiary/aromatic N) is 7. The molecule has 32 heavy (non-hydrogen) atoms. The monoisotopic (exact) mass is 458 g/mol. The number of halogens is 3. The fourth-order valence-electron chi connectivity index (χ4n) is 4.34. The molecule has 0 saturated heterocycles. The van der Waals surface area contributed by atoms with E-state index in [1.807, 2.05) is 19.9 Å². The van der Waals surface area contributed by atoms with Crippen molar-refractivity contribution in [2.75, 3.05) is 5.32 Å². The predicted molar refractivity (Wildman–Crippen MR) is 115 cm³/mol. The van der Waals surface area contributed by atoms with Gasteiger partial charge in [-0.3, -0.25) is 0 Å². The Morgan fingerprint density at radius 3 is 2.75 bits per heavy atom. The lowest BCUT2D eigenvalue weighted by Crippen LogP contribution is -2.37. The van der Waals surface area contributed by atoms with Crippen molar-refractivity contribution in [3.63, 3.8) is 0 Å². The Labute approximate surface area is 183 Å². The summed E-state index contributed by atoms with van der Waals surface area (Å²) in [5.74, 6) is 0.551. The first-order valence-corrected chi connectivity index (χ1v) is 10.9. The number of hydrogen-bond donors (Lipinski definition) is 1. The second-order valence-corrected chi connectivity index (χ2v) is 9.19. The van der Waals surface area contributed by atoms with Gasteiger partial charge in [0.1, 0.15) is 27.4 Å². The van der Waals surface area contributed by atoms with Crippen molar-refractivity contribution >= 4 is 43.2 Å². The van der Waals surface area contributed by atoms with Gasteiger partial charge in [-0.15, -0.1) is 16.4 Å². The molecule has 12 heteroatoms. The molecule has 6 heterocycles. The van der Waals surface area contributed by atoms with Crippen LogP contribution >= 0.6 is 11.3 Å². The molecular formula is C20H17F3N8S. The molecule has 8 nitrogen and oxygen atoms in total. The minimum Gasteiger partial charge on any atom is -0.368 e. The zero-order valence-corrected chi connectivity index (χ0v) is 18.1. The fourth-order valence-corrected chi connectivity index (χ4v) is 5.57. The van der Waals surface area contributed by atoms with Crippen molar-refractivity contribution in [2.24, 2.45) is 0 Å². The van der Waals surface area contributed by atoms with E-state index in [2.05, 4.69) is 30.5 Å². The van der Waals surface area contributed by atoms with E-state index < -0.39 is 12.2 Å². The molecule has 2 unspecified atom stereocenters. The Hall–Kier alpha value is -3.28. The van der Waals surface area contributed by atoms with Crippen LogP contribution in [0.1, 0.15) is 30.6 Å². The van der Waals surface area contributed by atoms with Gasteiger partial charge in [-0.25, -0.2) is 24.1 Å². The zero-order chi connectivity index (χ0) is 22.4. The summed E-state index contributed by atoms with van der Waals surface area (Å²) in [6.07, 6.45) is -2.92. The summed E-state index contributed by atoms with van der Waals surface area (Å²) in [4.78, 5) is 14.7. The summed E-state index contributed by atoms with van der Waals surface area (Å²) >= 11 is 1.48. The lowest BCUT2D eigenvalue weighted by atomic mass is 10.1. The molecular weight excluding hydrogens is 441 g/mol. The van der Waals surface area contributed by atoms with E-state index in [0.717, 1.165) is 36.4 Å². The Morgan fingerprint density at radius 1 is 1.16 bits per heavy atom. The molecule has 0 spiro atoms. The first-order valence-electron chi connectivity index (χ1n) is 10.0. The third kappa shape index (κ3) is 2.78. The molecule has 0 radical (unpaired) electrons. The molecule has 5 aromatic rings. The Morgan fingerprint density at radius 2 is 1.97 bits per heavy atom. The van der Waals surface area contributed by atoms with E-state index in [-0.39, 0.29) is 24.0 Å². The molecule has 1 N–H and O–H groups in total. The fraction of sp³-hybridized carbons (Fsp3) is 0.350. The van der Waals surface area contributed by atoms with Gasteiger partial charge in [-0.1, -0.05) is 0 Å². The van der Waals surface area contributed by atoms with Crippen LogP contribution in [0.25, 0.3) is 37.6 Å². The summed E-state index contributed by atoms with van der Waals surface area (Å²) in [6.45, 7) is 5.68. The molecule has 1 aliphatic rings. The second-order valence-electron chi connectivity index (χ2n) is 8.19. The number of anilines is 1. The molecule has 0 bridgehead atoms. The van der Waals surface area contributed by atoms with E-state index in [1.165, 1.54) is 15.9 Å². The zero-order valence-electron chi connectivity index (χ0n) is 17.3. The minimum atomic E-state index is -4.39. The van der Waals surface area contributed by atoms with Gasteiger partial charge in [0.25, 0.3) is 0 Å². The molecule has 164 valence electrons. The van der Waals surface area contributed by atoms with Gasteiger partial charge in [0, 0.05) is 23.2 Å². The Kier molecular flexibility index (Phi) is 3.87. The third-order valence-electron chi connectivity index (χ3n) is 5.70. The van der Waals surface area contributed by atoms with Crippen molar-refractivity contribution in [3.05, 3.63) is 29.7 Å². The van der Waals surface area contributed by atoms with E-state index in [9.17, 15) is 13.2 Å². The Balaban J connectivity index is 1.52. The molecule has 0 fully saturated rings. The van der Waals surface area contributed by atoms with Crippen LogP contribution in [0.2, 0.25) is 0 Å². The average Bonchev–Trinajstić information content (AvgIpc) is 3.39. The molecule has 0 amide bonds. The maximum atomic E-state index is 13.6. The minimum absolute atomic E-state index is 0.0890. The number of rotatable bonds is 1. The third-order valence-corrected chi connectivity index (χ3v) is 6.77.